The minimum atomic E-state index is -4.59. The Morgan fingerprint density at radius 2 is 1.79 bits per heavy atom. The van der Waals surface area contributed by atoms with Crippen molar-refractivity contribution in [3.8, 4) is 0 Å². The molecule has 0 fully saturated rings. The molecule has 0 aliphatic heterocycles. The molecule has 186 valence electrons. The largest absolute Gasteiger partial charge is 0.433 e. The maximum absolute atomic E-state index is 14.2. The average Bonchev–Trinajstić information content (AvgIpc) is 2.72. The number of pyridine rings is 1. The summed E-state index contributed by atoms with van der Waals surface area (Å²) in [5.41, 5.74) is -1.27. The van der Waals surface area contributed by atoms with Gasteiger partial charge >= 0.3 is 6.18 Å². The number of amides is 1. The normalized spacial score (nSPS) is 13.2. The van der Waals surface area contributed by atoms with Crippen molar-refractivity contribution < 1.29 is 35.2 Å². The van der Waals surface area contributed by atoms with Gasteiger partial charge in [-0.3, -0.25) is 9.52 Å². The lowest BCUT2D eigenvalue weighted by molar-refractivity contribution is -0.141. The van der Waals surface area contributed by atoms with E-state index in [0.29, 0.717) is 18.4 Å². The summed E-state index contributed by atoms with van der Waals surface area (Å²) in [5, 5.41) is 2.49. The molecule has 0 bridgehead atoms. The Morgan fingerprint density at radius 3 is 2.32 bits per heavy atom. The van der Waals surface area contributed by atoms with Crippen LogP contribution in [-0.2, 0) is 27.4 Å². The molecule has 2 aromatic rings. The van der Waals surface area contributed by atoms with Crippen molar-refractivity contribution in [2.24, 2.45) is 0 Å². The summed E-state index contributed by atoms with van der Waals surface area (Å²) < 4.78 is 91.5. The van der Waals surface area contributed by atoms with Crippen LogP contribution in [0.4, 0.5) is 27.6 Å². The highest BCUT2D eigenvalue weighted by Gasteiger charge is 2.32. The van der Waals surface area contributed by atoms with Crippen LogP contribution in [0.15, 0.2) is 30.3 Å². The molecule has 34 heavy (non-hydrogen) atoms. The first-order valence-electron chi connectivity index (χ1n) is 10.2. The number of hydrogen-bond acceptors (Lipinski definition) is 4. The number of anilines is 1. The van der Waals surface area contributed by atoms with E-state index in [1.807, 2.05) is 6.92 Å². The van der Waals surface area contributed by atoms with E-state index in [9.17, 15) is 35.2 Å². The van der Waals surface area contributed by atoms with Gasteiger partial charge in [-0.1, -0.05) is 19.4 Å². The first kappa shape index (κ1) is 27.2. The number of benzene rings is 1. The van der Waals surface area contributed by atoms with Gasteiger partial charge in [0.15, 0.2) is 11.6 Å². The second-order valence-electron chi connectivity index (χ2n) is 7.63. The van der Waals surface area contributed by atoms with E-state index in [0.717, 1.165) is 37.0 Å². The number of aromatic nitrogens is 1. The minimum absolute atomic E-state index is 0.0376. The van der Waals surface area contributed by atoms with Gasteiger partial charge in [0.2, 0.25) is 15.9 Å². The molecule has 0 saturated carbocycles. The number of nitrogens with zero attached hydrogens (tertiary/aromatic N) is 1. The van der Waals surface area contributed by atoms with Gasteiger partial charge in [0.05, 0.1) is 12.3 Å². The van der Waals surface area contributed by atoms with Gasteiger partial charge in [-0.2, -0.15) is 13.2 Å². The molecule has 2 rings (SSSR count). The smallest absolute Gasteiger partial charge is 0.346 e. The molecule has 12 heteroatoms. The van der Waals surface area contributed by atoms with Gasteiger partial charge in [0, 0.05) is 11.8 Å². The molecule has 0 saturated heterocycles. The molecule has 0 aliphatic carbocycles. The molecule has 1 aromatic carbocycles. The summed E-state index contributed by atoms with van der Waals surface area (Å²) >= 11 is 0. The van der Waals surface area contributed by atoms with Crippen molar-refractivity contribution in [2.45, 2.75) is 45.3 Å². The van der Waals surface area contributed by atoms with Crippen LogP contribution in [0.3, 0.4) is 0 Å². The van der Waals surface area contributed by atoms with E-state index < -0.39 is 51.2 Å². The lowest BCUT2D eigenvalue weighted by Gasteiger charge is -2.15. The standard InChI is InChI=1S/C22H24F5N3O3S/c1-4-5-6-18-14(7-9-19(29-18)22(25,26)27)8-10-20(31)28-13(2)15-11-16(23)21(17(24)12-15)30-34(3,32)33/h7-13,30H,4-6H2,1-3H3,(H,28,31)/t13-/m1/s1. The third kappa shape index (κ3) is 7.79. The lowest BCUT2D eigenvalue weighted by atomic mass is 10.1. The summed E-state index contributed by atoms with van der Waals surface area (Å²) in [5.74, 6) is -2.98. The predicted molar refractivity (Wildman–Crippen MR) is 118 cm³/mol. The van der Waals surface area contributed by atoms with Gasteiger partial charge in [-0.05, 0) is 55.2 Å². The zero-order chi connectivity index (χ0) is 25.7. The number of sulfonamides is 1. The summed E-state index contributed by atoms with van der Waals surface area (Å²) in [6.07, 6.45) is 0.208. The highest BCUT2D eigenvalue weighted by Crippen LogP contribution is 2.29. The predicted octanol–water partition coefficient (Wildman–Crippen LogP) is 4.98. The zero-order valence-electron chi connectivity index (χ0n) is 18.6. The Labute approximate surface area is 194 Å². The SMILES string of the molecule is CCCCc1nc(C(F)(F)F)ccc1C=CC(=O)N[C@H](C)c1cc(F)c(NS(C)(=O)=O)c(F)c1. The molecule has 1 heterocycles. The van der Waals surface area contributed by atoms with Crippen LogP contribution in [-0.4, -0.2) is 25.6 Å². The molecule has 0 unspecified atom stereocenters. The number of halogens is 5. The number of rotatable bonds is 9. The third-order valence-electron chi connectivity index (χ3n) is 4.69. The van der Waals surface area contributed by atoms with Crippen molar-refractivity contribution in [3.05, 3.63) is 64.5 Å². The number of aryl methyl sites for hydroxylation is 1. The second-order valence-corrected chi connectivity index (χ2v) is 9.38. The van der Waals surface area contributed by atoms with Gasteiger partial charge in [0.1, 0.15) is 11.4 Å². The molecule has 1 atom stereocenters. The van der Waals surface area contributed by atoms with Crippen molar-refractivity contribution >= 4 is 27.7 Å². The molecule has 1 amide bonds. The van der Waals surface area contributed by atoms with Crippen LogP contribution >= 0.6 is 0 Å². The van der Waals surface area contributed by atoms with Gasteiger partial charge in [0.25, 0.3) is 0 Å². The highest BCUT2D eigenvalue weighted by molar-refractivity contribution is 7.92. The van der Waals surface area contributed by atoms with Crippen LogP contribution in [0, 0.1) is 11.6 Å². The molecule has 6 nitrogen and oxygen atoms in total. The Hall–Kier alpha value is -3.02. The van der Waals surface area contributed by atoms with Crippen LogP contribution in [0.2, 0.25) is 0 Å². The first-order chi connectivity index (χ1) is 15.7. The van der Waals surface area contributed by atoms with Crippen molar-refractivity contribution in [2.75, 3.05) is 11.0 Å². The van der Waals surface area contributed by atoms with Gasteiger partial charge in [-0.25, -0.2) is 22.2 Å². The first-order valence-corrected chi connectivity index (χ1v) is 12.1. The Morgan fingerprint density at radius 1 is 1.18 bits per heavy atom. The van der Waals surface area contributed by atoms with Gasteiger partial charge in [-0.15, -0.1) is 0 Å². The summed E-state index contributed by atoms with van der Waals surface area (Å²) in [6.45, 7) is 3.34. The molecule has 0 spiro atoms. The number of nitrogens with one attached hydrogen (secondary N) is 2. The fraction of sp³-hybridized carbons (Fsp3) is 0.364. The third-order valence-corrected chi connectivity index (χ3v) is 5.27. The average molecular weight is 506 g/mol. The molecular formula is C22H24F5N3O3S. The monoisotopic (exact) mass is 505 g/mol. The van der Waals surface area contributed by atoms with Crippen molar-refractivity contribution in [3.63, 3.8) is 0 Å². The Balaban J connectivity index is 2.18. The van der Waals surface area contributed by atoms with Crippen LogP contribution in [0.1, 0.15) is 55.2 Å². The van der Waals surface area contributed by atoms with Crippen LogP contribution < -0.4 is 10.0 Å². The number of unbranched alkanes of at least 4 members (excludes halogenated alkanes) is 1. The quantitative estimate of drug-likeness (QED) is 0.372. The Bertz CT molecular complexity index is 1160. The van der Waals surface area contributed by atoms with Crippen LogP contribution in [0.5, 0.6) is 0 Å². The molecule has 1 aromatic heterocycles. The summed E-state index contributed by atoms with van der Waals surface area (Å²) in [4.78, 5) is 16.0. The van der Waals surface area contributed by atoms with E-state index >= 15 is 0 Å². The molecular weight excluding hydrogens is 481 g/mol. The zero-order valence-corrected chi connectivity index (χ0v) is 19.4. The van der Waals surface area contributed by atoms with E-state index in [1.54, 1.807) is 4.72 Å². The molecule has 0 radical (unpaired) electrons. The van der Waals surface area contributed by atoms with E-state index in [-0.39, 0.29) is 11.3 Å². The second kappa shape index (κ2) is 10.9. The fourth-order valence-electron chi connectivity index (χ4n) is 3.00. The minimum Gasteiger partial charge on any atom is -0.346 e. The maximum Gasteiger partial charge on any atom is 0.433 e. The van der Waals surface area contributed by atoms with E-state index in [1.165, 1.54) is 19.1 Å². The summed E-state index contributed by atoms with van der Waals surface area (Å²) in [6, 6.07) is 2.96. The number of carbonyl (C=O) groups excluding carboxylic acids is 1. The number of hydrogen-bond donors (Lipinski definition) is 2. The maximum atomic E-state index is 14.2. The topological polar surface area (TPSA) is 88.2 Å². The van der Waals surface area contributed by atoms with E-state index in [4.69, 9.17) is 0 Å². The fourth-order valence-corrected chi connectivity index (χ4v) is 3.57. The molecule has 2 N–H and O–H groups in total. The summed E-state index contributed by atoms with van der Waals surface area (Å²) in [7, 11) is -3.90. The number of carbonyl (C=O) groups is 1. The number of alkyl halides is 3. The van der Waals surface area contributed by atoms with E-state index in [2.05, 4.69) is 10.3 Å². The molecule has 0 aliphatic rings. The van der Waals surface area contributed by atoms with Gasteiger partial charge < -0.3 is 5.32 Å². The van der Waals surface area contributed by atoms with Crippen LogP contribution in [0.25, 0.3) is 6.08 Å². The van der Waals surface area contributed by atoms with Crippen molar-refractivity contribution in [1.82, 2.24) is 10.3 Å². The van der Waals surface area contributed by atoms with Crippen molar-refractivity contribution in [1.29, 1.82) is 0 Å². The Kier molecular flexibility index (Phi) is 8.76. The highest BCUT2D eigenvalue weighted by atomic mass is 32.2. The lowest BCUT2D eigenvalue weighted by Crippen LogP contribution is -2.25.